The van der Waals surface area contributed by atoms with Gasteiger partial charge in [-0.05, 0) is 61.0 Å². The van der Waals surface area contributed by atoms with E-state index >= 15 is 0 Å². The summed E-state index contributed by atoms with van der Waals surface area (Å²) in [5.41, 5.74) is 1.50. The molecule has 172 valence electrons. The Morgan fingerprint density at radius 3 is 2.38 bits per heavy atom. The number of pyridine rings is 1. The van der Waals surface area contributed by atoms with E-state index in [9.17, 15) is 23.9 Å². The van der Waals surface area contributed by atoms with Gasteiger partial charge in [0.1, 0.15) is 17.6 Å². The number of carbonyl (C=O) groups excluding carboxylic acids is 3. The standard InChI is InChI=1S/C26H21FN2O5/c1-2-34-21(30)15-16-6-12-19(13-7-16)29-23(20-5-3-4-14-28-20)22(25(32)26(29)33)24(31)17-8-10-18(27)11-9-17/h3-14,23,31H,2,15H2,1H3/b24-22-. The van der Waals surface area contributed by atoms with Crippen LogP contribution in [0.4, 0.5) is 10.1 Å². The normalized spacial score (nSPS) is 17.1. The Hall–Kier alpha value is -4.33. The minimum Gasteiger partial charge on any atom is -0.507 e. The first-order chi connectivity index (χ1) is 16.4. The number of benzene rings is 2. The van der Waals surface area contributed by atoms with Crippen molar-refractivity contribution in [3.63, 3.8) is 0 Å². The molecule has 8 heteroatoms. The SMILES string of the molecule is CCOC(=O)Cc1ccc(N2C(=O)C(=O)/C(=C(\O)c3ccc(F)cc3)C2c2ccccn2)cc1. The van der Waals surface area contributed by atoms with E-state index in [1.54, 1.807) is 49.4 Å². The van der Waals surface area contributed by atoms with E-state index in [-0.39, 0.29) is 30.1 Å². The van der Waals surface area contributed by atoms with Crippen LogP contribution in [0.1, 0.15) is 29.8 Å². The summed E-state index contributed by atoms with van der Waals surface area (Å²) in [6, 6.07) is 15.6. The molecule has 3 aromatic rings. The third-order valence-corrected chi connectivity index (χ3v) is 5.40. The molecule has 0 spiro atoms. The number of carbonyl (C=O) groups is 3. The minimum absolute atomic E-state index is 0.0706. The highest BCUT2D eigenvalue weighted by Gasteiger charge is 2.47. The maximum Gasteiger partial charge on any atom is 0.310 e. The van der Waals surface area contributed by atoms with Crippen LogP contribution in [0.3, 0.4) is 0 Å². The van der Waals surface area contributed by atoms with Gasteiger partial charge in [0.25, 0.3) is 11.7 Å². The molecule has 0 saturated carbocycles. The Morgan fingerprint density at radius 1 is 1.06 bits per heavy atom. The van der Waals surface area contributed by atoms with Crippen molar-refractivity contribution in [1.29, 1.82) is 0 Å². The predicted octanol–water partition coefficient (Wildman–Crippen LogP) is 3.95. The summed E-state index contributed by atoms with van der Waals surface area (Å²) in [5.74, 6) is -3.01. The zero-order valence-electron chi connectivity index (χ0n) is 18.3. The van der Waals surface area contributed by atoms with Crippen LogP contribution in [-0.2, 0) is 25.5 Å². The predicted molar refractivity (Wildman–Crippen MR) is 122 cm³/mol. The lowest BCUT2D eigenvalue weighted by Gasteiger charge is -2.24. The number of esters is 1. The van der Waals surface area contributed by atoms with Crippen LogP contribution >= 0.6 is 0 Å². The molecule has 2 aromatic carbocycles. The molecular formula is C26H21FN2O5. The highest BCUT2D eigenvalue weighted by molar-refractivity contribution is 6.51. The van der Waals surface area contributed by atoms with Crippen LogP contribution in [0.15, 0.2) is 78.5 Å². The van der Waals surface area contributed by atoms with Gasteiger partial charge in [0, 0.05) is 17.4 Å². The lowest BCUT2D eigenvalue weighted by atomic mass is 9.98. The molecule has 7 nitrogen and oxygen atoms in total. The smallest absolute Gasteiger partial charge is 0.310 e. The van der Waals surface area contributed by atoms with Gasteiger partial charge in [-0.2, -0.15) is 0 Å². The molecule has 1 aliphatic rings. The summed E-state index contributed by atoms with van der Waals surface area (Å²) in [4.78, 5) is 43.5. The molecule has 1 fully saturated rings. The molecule has 2 heterocycles. The fourth-order valence-corrected chi connectivity index (χ4v) is 3.83. The average molecular weight is 460 g/mol. The molecular weight excluding hydrogens is 439 g/mol. The summed E-state index contributed by atoms with van der Waals surface area (Å²) in [7, 11) is 0. The van der Waals surface area contributed by atoms with Crippen LogP contribution in [0, 0.1) is 5.82 Å². The fourth-order valence-electron chi connectivity index (χ4n) is 3.83. The van der Waals surface area contributed by atoms with Gasteiger partial charge in [0.15, 0.2) is 0 Å². The van der Waals surface area contributed by atoms with Crippen molar-refractivity contribution in [2.45, 2.75) is 19.4 Å². The highest BCUT2D eigenvalue weighted by Crippen LogP contribution is 2.41. The Bertz CT molecular complexity index is 1250. The molecule has 34 heavy (non-hydrogen) atoms. The van der Waals surface area contributed by atoms with Crippen LogP contribution in [0.2, 0.25) is 0 Å². The molecule has 1 atom stereocenters. The number of hydrogen-bond donors (Lipinski definition) is 1. The van der Waals surface area contributed by atoms with Gasteiger partial charge in [-0.15, -0.1) is 0 Å². The average Bonchev–Trinajstić information content (AvgIpc) is 3.11. The van der Waals surface area contributed by atoms with E-state index in [0.29, 0.717) is 16.9 Å². The second kappa shape index (κ2) is 9.66. The van der Waals surface area contributed by atoms with Crippen LogP contribution in [0.5, 0.6) is 0 Å². The topological polar surface area (TPSA) is 96.8 Å². The summed E-state index contributed by atoms with van der Waals surface area (Å²) in [6.07, 6.45) is 1.59. The summed E-state index contributed by atoms with van der Waals surface area (Å²) in [5, 5.41) is 11.0. The number of Topliss-reactive ketones (excluding diaryl/α,β-unsaturated/α-hetero) is 1. The third-order valence-electron chi connectivity index (χ3n) is 5.40. The monoisotopic (exact) mass is 460 g/mol. The van der Waals surface area contributed by atoms with E-state index in [1.807, 2.05) is 0 Å². The molecule has 1 amide bonds. The molecule has 0 radical (unpaired) electrons. The molecule has 1 saturated heterocycles. The number of anilines is 1. The second-order valence-corrected chi connectivity index (χ2v) is 7.58. The van der Waals surface area contributed by atoms with Crippen molar-refractivity contribution in [3.8, 4) is 0 Å². The van der Waals surface area contributed by atoms with Crippen molar-refractivity contribution in [1.82, 2.24) is 4.98 Å². The number of aromatic nitrogens is 1. The lowest BCUT2D eigenvalue weighted by Crippen LogP contribution is -2.29. The van der Waals surface area contributed by atoms with Gasteiger partial charge in [-0.1, -0.05) is 18.2 Å². The van der Waals surface area contributed by atoms with Gasteiger partial charge in [-0.25, -0.2) is 4.39 Å². The third kappa shape index (κ3) is 4.43. The van der Waals surface area contributed by atoms with E-state index in [2.05, 4.69) is 4.98 Å². The van der Waals surface area contributed by atoms with Crippen LogP contribution < -0.4 is 4.90 Å². The number of amides is 1. The van der Waals surface area contributed by atoms with E-state index < -0.39 is 29.3 Å². The van der Waals surface area contributed by atoms with Gasteiger partial charge in [-0.3, -0.25) is 24.3 Å². The number of aliphatic hydroxyl groups excluding tert-OH is 1. The van der Waals surface area contributed by atoms with Gasteiger partial charge >= 0.3 is 5.97 Å². The Morgan fingerprint density at radius 2 is 1.76 bits per heavy atom. The maximum atomic E-state index is 13.4. The maximum absolute atomic E-state index is 13.4. The van der Waals surface area contributed by atoms with Crippen molar-refractivity contribution < 1.29 is 28.6 Å². The number of nitrogens with zero attached hydrogens (tertiary/aromatic N) is 2. The van der Waals surface area contributed by atoms with Crippen molar-refractivity contribution >= 4 is 29.1 Å². The number of aliphatic hydroxyl groups is 1. The van der Waals surface area contributed by atoms with Gasteiger partial charge in [0.05, 0.1) is 24.3 Å². The lowest BCUT2D eigenvalue weighted by molar-refractivity contribution is -0.142. The van der Waals surface area contributed by atoms with E-state index in [4.69, 9.17) is 4.74 Å². The Labute approximate surface area is 195 Å². The molecule has 1 aromatic heterocycles. The number of rotatable bonds is 6. The van der Waals surface area contributed by atoms with Gasteiger partial charge < -0.3 is 9.84 Å². The molecule has 0 bridgehead atoms. The van der Waals surface area contributed by atoms with Crippen LogP contribution in [-0.4, -0.2) is 34.4 Å². The van der Waals surface area contributed by atoms with Crippen molar-refractivity contribution in [3.05, 3.63) is 101 Å². The molecule has 0 aliphatic carbocycles. The Balaban J connectivity index is 1.78. The highest BCUT2D eigenvalue weighted by atomic mass is 19.1. The molecule has 1 aliphatic heterocycles. The van der Waals surface area contributed by atoms with Gasteiger partial charge in [0.2, 0.25) is 0 Å². The second-order valence-electron chi connectivity index (χ2n) is 7.58. The first kappa shape index (κ1) is 22.8. The number of halogens is 1. The first-order valence-corrected chi connectivity index (χ1v) is 10.6. The quantitative estimate of drug-likeness (QED) is 0.259. The first-order valence-electron chi connectivity index (χ1n) is 10.6. The largest absolute Gasteiger partial charge is 0.507 e. The number of hydrogen-bond acceptors (Lipinski definition) is 6. The van der Waals surface area contributed by atoms with E-state index in [0.717, 1.165) is 12.1 Å². The van der Waals surface area contributed by atoms with Crippen LogP contribution in [0.25, 0.3) is 5.76 Å². The van der Waals surface area contributed by atoms with Crippen molar-refractivity contribution in [2.24, 2.45) is 0 Å². The van der Waals surface area contributed by atoms with Crippen molar-refractivity contribution in [2.75, 3.05) is 11.5 Å². The fraction of sp³-hybridized carbons (Fsp3) is 0.154. The minimum atomic E-state index is -0.998. The molecule has 4 rings (SSSR count). The van der Waals surface area contributed by atoms with E-state index in [1.165, 1.54) is 23.2 Å². The Kier molecular flexibility index (Phi) is 6.49. The molecule has 1 unspecified atom stereocenters. The zero-order chi connectivity index (χ0) is 24.2. The number of ether oxygens (including phenoxy) is 1. The summed E-state index contributed by atoms with van der Waals surface area (Å²) < 4.78 is 18.3. The zero-order valence-corrected chi connectivity index (χ0v) is 18.3. The summed E-state index contributed by atoms with van der Waals surface area (Å²) in [6.45, 7) is 2.00. The number of ketones is 1. The summed E-state index contributed by atoms with van der Waals surface area (Å²) >= 11 is 0. The molecule has 1 N–H and O–H groups in total.